The van der Waals surface area contributed by atoms with Crippen LogP contribution >= 0.6 is 0 Å². The van der Waals surface area contributed by atoms with Gasteiger partial charge in [0, 0.05) is 12.6 Å². The summed E-state index contributed by atoms with van der Waals surface area (Å²) >= 11 is 0. The normalized spacial score (nSPS) is 16.6. The van der Waals surface area contributed by atoms with E-state index in [2.05, 4.69) is 15.6 Å². The summed E-state index contributed by atoms with van der Waals surface area (Å²) in [6.45, 7) is 0.512. The molecule has 1 aliphatic carbocycles. The van der Waals surface area contributed by atoms with Crippen LogP contribution in [-0.2, 0) is 6.54 Å². The smallest absolute Gasteiger partial charge is 0.201 e. The first-order chi connectivity index (χ1) is 7.81. The maximum Gasteiger partial charge on any atom is 0.201 e. The molecule has 4 nitrogen and oxygen atoms in total. The molecule has 0 spiro atoms. The molecule has 16 heavy (non-hydrogen) atoms. The average Bonchev–Trinajstić information content (AvgIpc) is 2.54. The SMILES string of the molecule is NCc1cccc2c1nc(N)n2C1CCC1. The lowest BCUT2D eigenvalue weighted by atomic mass is 9.92. The van der Waals surface area contributed by atoms with Gasteiger partial charge in [-0.05, 0) is 30.9 Å². The van der Waals surface area contributed by atoms with Crippen molar-refractivity contribution in [3.05, 3.63) is 23.8 Å². The van der Waals surface area contributed by atoms with Gasteiger partial charge in [0.25, 0.3) is 0 Å². The molecule has 1 heterocycles. The fourth-order valence-corrected chi connectivity index (χ4v) is 2.39. The van der Waals surface area contributed by atoms with Gasteiger partial charge < -0.3 is 16.0 Å². The zero-order chi connectivity index (χ0) is 11.1. The van der Waals surface area contributed by atoms with Crippen LogP contribution in [0.1, 0.15) is 30.9 Å². The van der Waals surface area contributed by atoms with Crippen molar-refractivity contribution < 1.29 is 0 Å². The molecule has 2 aromatic rings. The molecule has 1 aliphatic rings. The molecule has 1 aromatic carbocycles. The van der Waals surface area contributed by atoms with Gasteiger partial charge in [0.15, 0.2) is 0 Å². The van der Waals surface area contributed by atoms with E-state index in [9.17, 15) is 0 Å². The third-order valence-electron chi connectivity index (χ3n) is 3.49. The molecule has 1 saturated carbocycles. The quantitative estimate of drug-likeness (QED) is 0.804. The van der Waals surface area contributed by atoms with Crippen molar-refractivity contribution in [1.29, 1.82) is 0 Å². The Kier molecular flexibility index (Phi) is 2.11. The number of nitrogens with two attached hydrogens (primary N) is 2. The Hall–Kier alpha value is -1.55. The van der Waals surface area contributed by atoms with E-state index in [0.717, 1.165) is 16.6 Å². The van der Waals surface area contributed by atoms with Crippen LogP contribution in [0.4, 0.5) is 5.95 Å². The summed E-state index contributed by atoms with van der Waals surface area (Å²) in [5.41, 5.74) is 14.9. The molecule has 0 atom stereocenters. The summed E-state index contributed by atoms with van der Waals surface area (Å²) in [4.78, 5) is 4.45. The van der Waals surface area contributed by atoms with Crippen molar-refractivity contribution >= 4 is 17.0 Å². The topological polar surface area (TPSA) is 69.9 Å². The third kappa shape index (κ3) is 1.23. The molecule has 0 bridgehead atoms. The zero-order valence-corrected chi connectivity index (χ0v) is 9.19. The Balaban J connectivity index is 2.24. The van der Waals surface area contributed by atoms with Crippen LogP contribution in [0.25, 0.3) is 11.0 Å². The summed E-state index contributed by atoms with van der Waals surface area (Å²) in [6, 6.07) is 6.66. The van der Waals surface area contributed by atoms with E-state index in [0.29, 0.717) is 18.5 Å². The second-order valence-electron chi connectivity index (χ2n) is 4.41. The van der Waals surface area contributed by atoms with Crippen molar-refractivity contribution in [3.8, 4) is 0 Å². The second kappa shape index (κ2) is 3.49. The summed E-state index contributed by atoms with van der Waals surface area (Å²) in [5.74, 6) is 0.626. The first kappa shape index (κ1) is 9.66. The largest absolute Gasteiger partial charge is 0.369 e. The van der Waals surface area contributed by atoms with E-state index in [1.54, 1.807) is 0 Å². The van der Waals surface area contributed by atoms with Crippen LogP contribution in [0.15, 0.2) is 18.2 Å². The van der Waals surface area contributed by atoms with E-state index < -0.39 is 0 Å². The first-order valence-corrected chi connectivity index (χ1v) is 5.76. The maximum absolute atomic E-state index is 6.00. The van der Waals surface area contributed by atoms with E-state index >= 15 is 0 Å². The number of anilines is 1. The third-order valence-corrected chi connectivity index (χ3v) is 3.49. The number of nitrogens with zero attached hydrogens (tertiary/aromatic N) is 2. The van der Waals surface area contributed by atoms with Crippen molar-refractivity contribution in [1.82, 2.24) is 9.55 Å². The lowest BCUT2D eigenvalue weighted by molar-refractivity contribution is 0.324. The Morgan fingerprint density at radius 3 is 2.81 bits per heavy atom. The van der Waals surface area contributed by atoms with Crippen LogP contribution in [0, 0.1) is 0 Å². The van der Waals surface area contributed by atoms with Crippen LogP contribution in [0.2, 0.25) is 0 Å². The number of hydrogen-bond donors (Lipinski definition) is 2. The van der Waals surface area contributed by atoms with Gasteiger partial charge in [0.2, 0.25) is 5.95 Å². The highest BCUT2D eigenvalue weighted by Crippen LogP contribution is 2.36. The molecule has 0 unspecified atom stereocenters. The standard InChI is InChI=1S/C12H16N4/c13-7-8-3-1-6-10-11(8)15-12(14)16(10)9-4-2-5-9/h1,3,6,9H,2,4-5,7,13H2,(H2,14,15). The highest BCUT2D eigenvalue weighted by atomic mass is 15.2. The number of aromatic nitrogens is 2. The van der Waals surface area contributed by atoms with Gasteiger partial charge in [0.1, 0.15) is 0 Å². The Labute approximate surface area is 94.3 Å². The van der Waals surface area contributed by atoms with Crippen LogP contribution in [0.5, 0.6) is 0 Å². The molecule has 0 amide bonds. The zero-order valence-electron chi connectivity index (χ0n) is 9.19. The number of fused-ring (bicyclic) bond motifs is 1. The number of nitrogen functional groups attached to an aromatic ring is 1. The summed E-state index contributed by atoms with van der Waals surface area (Å²) in [7, 11) is 0. The minimum atomic E-state index is 0.512. The number of para-hydroxylation sites is 1. The van der Waals surface area contributed by atoms with E-state index in [4.69, 9.17) is 11.5 Å². The van der Waals surface area contributed by atoms with Gasteiger partial charge in [-0.25, -0.2) is 4.98 Å². The summed E-state index contributed by atoms with van der Waals surface area (Å²) in [5, 5.41) is 0. The number of imidazole rings is 1. The molecule has 1 fully saturated rings. The molecule has 4 heteroatoms. The molecular weight excluding hydrogens is 200 g/mol. The summed E-state index contributed by atoms with van der Waals surface area (Å²) in [6.07, 6.45) is 3.71. The van der Waals surface area contributed by atoms with Gasteiger partial charge >= 0.3 is 0 Å². The van der Waals surface area contributed by atoms with Crippen LogP contribution < -0.4 is 11.5 Å². The van der Waals surface area contributed by atoms with Crippen molar-refractivity contribution in [2.45, 2.75) is 31.8 Å². The fraction of sp³-hybridized carbons (Fsp3) is 0.417. The first-order valence-electron chi connectivity index (χ1n) is 5.76. The van der Waals surface area contributed by atoms with Gasteiger partial charge in [-0.3, -0.25) is 0 Å². The molecule has 0 aliphatic heterocycles. The van der Waals surface area contributed by atoms with E-state index in [-0.39, 0.29) is 0 Å². The fourth-order valence-electron chi connectivity index (χ4n) is 2.39. The number of rotatable bonds is 2. The molecule has 0 radical (unpaired) electrons. The van der Waals surface area contributed by atoms with Crippen molar-refractivity contribution in [2.75, 3.05) is 5.73 Å². The molecule has 4 N–H and O–H groups in total. The minimum Gasteiger partial charge on any atom is -0.369 e. The predicted octanol–water partition coefficient (Wildman–Crippen LogP) is 1.80. The molecule has 84 valence electrons. The summed E-state index contributed by atoms with van der Waals surface area (Å²) < 4.78 is 2.16. The number of benzene rings is 1. The van der Waals surface area contributed by atoms with E-state index in [1.807, 2.05) is 12.1 Å². The molecule has 3 rings (SSSR count). The monoisotopic (exact) mass is 216 g/mol. The van der Waals surface area contributed by atoms with Gasteiger partial charge in [-0.2, -0.15) is 0 Å². The van der Waals surface area contributed by atoms with Gasteiger partial charge in [0.05, 0.1) is 11.0 Å². The highest BCUT2D eigenvalue weighted by molar-refractivity contribution is 5.82. The van der Waals surface area contributed by atoms with Gasteiger partial charge in [-0.15, -0.1) is 0 Å². The second-order valence-corrected chi connectivity index (χ2v) is 4.41. The molecular formula is C12H16N4. The van der Waals surface area contributed by atoms with Gasteiger partial charge in [-0.1, -0.05) is 12.1 Å². The van der Waals surface area contributed by atoms with Crippen molar-refractivity contribution in [3.63, 3.8) is 0 Å². The lowest BCUT2D eigenvalue weighted by Crippen LogP contribution is -2.18. The minimum absolute atomic E-state index is 0.512. The lowest BCUT2D eigenvalue weighted by Gasteiger charge is -2.28. The molecule has 1 aromatic heterocycles. The highest BCUT2D eigenvalue weighted by Gasteiger charge is 2.24. The molecule has 0 saturated heterocycles. The predicted molar refractivity (Wildman–Crippen MR) is 64.9 cm³/mol. The van der Waals surface area contributed by atoms with Crippen LogP contribution in [-0.4, -0.2) is 9.55 Å². The Bertz CT molecular complexity index is 525. The maximum atomic E-state index is 6.00. The number of hydrogen-bond acceptors (Lipinski definition) is 3. The average molecular weight is 216 g/mol. The Morgan fingerprint density at radius 1 is 1.38 bits per heavy atom. The van der Waals surface area contributed by atoms with Crippen molar-refractivity contribution in [2.24, 2.45) is 5.73 Å². The van der Waals surface area contributed by atoms with E-state index in [1.165, 1.54) is 19.3 Å². The Morgan fingerprint density at radius 2 is 2.19 bits per heavy atom. The van der Waals surface area contributed by atoms with Crippen LogP contribution in [0.3, 0.4) is 0 Å².